The van der Waals surface area contributed by atoms with Gasteiger partial charge < -0.3 is 5.32 Å². The number of nitrogens with zero attached hydrogens (tertiary/aromatic N) is 2. The minimum absolute atomic E-state index is 0.283. The molecule has 0 saturated carbocycles. The number of carbonyl (C=O) groups is 2. The summed E-state index contributed by atoms with van der Waals surface area (Å²) in [7, 11) is 0. The summed E-state index contributed by atoms with van der Waals surface area (Å²) < 4.78 is 0. The van der Waals surface area contributed by atoms with Crippen LogP contribution in [0.5, 0.6) is 0 Å². The smallest absolute Gasteiger partial charge is 0.315 e. The molecule has 7 heteroatoms. The molecule has 0 fully saturated rings. The van der Waals surface area contributed by atoms with Gasteiger partial charge in [-0.05, 0) is 24.6 Å². The first-order chi connectivity index (χ1) is 9.15. The van der Waals surface area contributed by atoms with E-state index in [4.69, 9.17) is 0 Å². The molecule has 0 saturated heterocycles. The van der Waals surface area contributed by atoms with E-state index >= 15 is 0 Å². The Balaban J connectivity index is 1.84. The van der Waals surface area contributed by atoms with Crippen molar-refractivity contribution in [3.8, 4) is 0 Å². The van der Waals surface area contributed by atoms with Gasteiger partial charge in [0, 0.05) is 24.3 Å². The molecule has 19 heavy (non-hydrogen) atoms. The summed E-state index contributed by atoms with van der Waals surface area (Å²) in [5, 5.41) is 7.18. The standard InChI is InChI=1S/C12H12N4O2S/c1-8-7-19-12(15-8)16-11(18)10(17)14-6-9-2-4-13-5-3-9/h2-5,7H,6H2,1H3,(H,14,17)(H,15,16,18). The Kier molecular flexibility index (Phi) is 4.19. The lowest BCUT2D eigenvalue weighted by Gasteiger charge is -2.04. The lowest BCUT2D eigenvalue weighted by molar-refractivity contribution is -0.136. The molecule has 0 unspecified atom stereocenters. The zero-order valence-electron chi connectivity index (χ0n) is 10.2. The average molecular weight is 276 g/mol. The minimum Gasteiger partial charge on any atom is -0.344 e. The Labute approximate surface area is 113 Å². The highest BCUT2D eigenvalue weighted by Crippen LogP contribution is 2.13. The molecule has 2 aromatic heterocycles. The minimum atomic E-state index is -0.719. The fourth-order valence-electron chi connectivity index (χ4n) is 1.33. The van der Waals surface area contributed by atoms with Crippen molar-refractivity contribution >= 4 is 28.3 Å². The van der Waals surface area contributed by atoms with Gasteiger partial charge in [0.25, 0.3) is 0 Å². The topological polar surface area (TPSA) is 84.0 Å². The quantitative estimate of drug-likeness (QED) is 0.822. The van der Waals surface area contributed by atoms with Crippen LogP contribution in [0.15, 0.2) is 29.9 Å². The van der Waals surface area contributed by atoms with Gasteiger partial charge in [0.05, 0.1) is 5.69 Å². The van der Waals surface area contributed by atoms with E-state index < -0.39 is 11.8 Å². The second-order valence-corrected chi connectivity index (χ2v) is 4.64. The van der Waals surface area contributed by atoms with Gasteiger partial charge in [-0.1, -0.05) is 0 Å². The molecule has 2 rings (SSSR count). The monoisotopic (exact) mass is 276 g/mol. The van der Waals surface area contributed by atoms with E-state index in [0.29, 0.717) is 5.13 Å². The van der Waals surface area contributed by atoms with Crippen molar-refractivity contribution < 1.29 is 9.59 Å². The fourth-order valence-corrected chi connectivity index (χ4v) is 2.01. The maximum atomic E-state index is 11.6. The van der Waals surface area contributed by atoms with Gasteiger partial charge in [-0.3, -0.25) is 19.9 Å². The highest BCUT2D eigenvalue weighted by Gasteiger charge is 2.14. The molecule has 0 aliphatic carbocycles. The van der Waals surface area contributed by atoms with Crippen LogP contribution in [0.3, 0.4) is 0 Å². The van der Waals surface area contributed by atoms with Crippen molar-refractivity contribution in [1.82, 2.24) is 15.3 Å². The van der Waals surface area contributed by atoms with Crippen LogP contribution < -0.4 is 10.6 Å². The molecule has 0 spiro atoms. The molecular weight excluding hydrogens is 264 g/mol. The fraction of sp³-hybridized carbons (Fsp3) is 0.167. The molecule has 2 amide bonds. The molecule has 0 bridgehead atoms. The summed E-state index contributed by atoms with van der Waals surface area (Å²) >= 11 is 1.28. The van der Waals surface area contributed by atoms with E-state index in [1.54, 1.807) is 29.9 Å². The SMILES string of the molecule is Cc1csc(NC(=O)C(=O)NCc2ccncc2)n1. The van der Waals surface area contributed by atoms with Crippen LogP contribution in [0.25, 0.3) is 0 Å². The molecule has 2 heterocycles. The third-order valence-corrected chi connectivity index (χ3v) is 3.12. The predicted molar refractivity (Wildman–Crippen MR) is 71.6 cm³/mol. The number of aromatic nitrogens is 2. The van der Waals surface area contributed by atoms with Crippen molar-refractivity contribution in [2.24, 2.45) is 0 Å². The van der Waals surface area contributed by atoms with Gasteiger partial charge in [0.1, 0.15) is 0 Å². The van der Waals surface area contributed by atoms with Crippen molar-refractivity contribution in [3.05, 3.63) is 41.2 Å². The van der Waals surface area contributed by atoms with Crippen molar-refractivity contribution in [2.75, 3.05) is 5.32 Å². The molecular formula is C12H12N4O2S. The molecule has 0 aromatic carbocycles. The lowest BCUT2D eigenvalue weighted by Crippen LogP contribution is -2.34. The van der Waals surface area contributed by atoms with Crippen LogP contribution in [-0.2, 0) is 16.1 Å². The Hall–Kier alpha value is -2.28. The van der Waals surface area contributed by atoms with E-state index in [2.05, 4.69) is 20.6 Å². The van der Waals surface area contributed by atoms with Crippen molar-refractivity contribution in [1.29, 1.82) is 0 Å². The average Bonchev–Trinajstić information content (AvgIpc) is 2.82. The predicted octanol–water partition coefficient (Wildman–Crippen LogP) is 1.10. The first kappa shape index (κ1) is 13.2. The summed E-state index contributed by atoms with van der Waals surface area (Å²) in [4.78, 5) is 31.1. The van der Waals surface area contributed by atoms with Gasteiger partial charge in [-0.2, -0.15) is 0 Å². The number of aryl methyl sites for hydroxylation is 1. The molecule has 0 aliphatic heterocycles. The second-order valence-electron chi connectivity index (χ2n) is 3.79. The van der Waals surface area contributed by atoms with Crippen LogP contribution in [-0.4, -0.2) is 21.8 Å². The molecule has 0 radical (unpaired) electrons. The highest BCUT2D eigenvalue weighted by molar-refractivity contribution is 7.14. The lowest BCUT2D eigenvalue weighted by atomic mass is 10.3. The maximum absolute atomic E-state index is 11.6. The summed E-state index contributed by atoms with van der Waals surface area (Å²) in [6.45, 7) is 2.10. The molecule has 0 aliphatic rings. The van der Waals surface area contributed by atoms with E-state index in [1.165, 1.54) is 11.3 Å². The van der Waals surface area contributed by atoms with Crippen LogP contribution >= 0.6 is 11.3 Å². The van der Waals surface area contributed by atoms with E-state index in [0.717, 1.165) is 11.3 Å². The summed E-state index contributed by atoms with van der Waals surface area (Å²) in [5.74, 6) is -1.41. The number of amides is 2. The first-order valence-electron chi connectivity index (χ1n) is 5.55. The normalized spacial score (nSPS) is 9.95. The summed E-state index contributed by atoms with van der Waals surface area (Å²) in [6.07, 6.45) is 3.25. The van der Waals surface area contributed by atoms with Crippen molar-refractivity contribution in [2.45, 2.75) is 13.5 Å². The summed E-state index contributed by atoms with van der Waals surface area (Å²) in [6, 6.07) is 3.53. The molecule has 2 aromatic rings. The number of nitrogens with one attached hydrogen (secondary N) is 2. The molecule has 2 N–H and O–H groups in total. The first-order valence-corrected chi connectivity index (χ1v) is 6.43. The van der Waals surface area contributed by atoms with Gasteiger partial charge >= 0.3 is 11.8 Å². The van der Waals surface area contributed by atoms with Crippen LogP contribution in [0.1, 0.15) is 11.3 Å². The van der Waals surface area contributed by atoms with Crippen LogP contribution in [0.4, 0.5) is 5.13 Å². The summed E-state index contributed by atoms with van der Waals surface area (Å²) in [5.41, 5.74) is 1.68. The van der Waals surface area contributed by atoms with Gasteiger partial charge in [-0.25, -0.2) is 4.98 Å². The molecule has 98 valence electrons. The number of thiazole rings is 1. The van der Waals surface area contributed by atoms with Gasteiger partial charge in [0.2, 0.25) is 0 Å². The number of anilines is 1. The Morgan fingerprint density at radius 2 is 2.00 bits per heavy atom. The van der Waals surface area contributed by atoms with Gasteiger partial charge in [0.15, 0.2) is 5.13 Å². The van der Waals surface area contributed by atoms with Crippen molar-refractivity contribution in [3.63, 3.8) is 0 Å². The zero-order chi connectivity index (χ0) is 13.7. The zero-order valence-corrected chi connectivity index (χ0v) is 11.0. The largest absolute Gasteiger partial charge is 0.344 e. The van der Waals surface area contributed by atoms with Crippen LogP contribution in [0, 0.1) is 6.92 Å². The van der Waals surface area contributed by atoms with E-state index in [1.807, 2.05) is 6.92 Å². The Morgan fingerprint density at radius 3 is 2.63 bits per heavy atom. The number of carbonyl (C=O) groups excluding carboxylic acids is 2. The maximum Gasteiger partial charge on any atom is 0.315 e. The van der Waals surface area contributed by atoms with E-state index in [9.17, 15) is 9.59 Å². The Morgan fingerprint density at radius 1 is 1.26 bits per heavy atom. The second kappa shape index (κ2) is 6.05. The molecule has 6 nitrogen and oxygen atoms in total. The third-order valence-electron chi connectivity index (χ3n) is 2.25. The number of hydrogen-bond acceptors (Lipinski definition) is 5. The Bertz CT molecular complexity index is 582. The van der Waals surface area contributed by atoms with E-state index in [-0.39, 0.29) is 6.54 Å². The number of rotatable bonds is 3. The number of hydrogen-bond donors (Lipinski definition) is 2. The highest BCUT2D eigenvalue weighted by atomic mass is 32.1. The third kappa shape index (κ3) is 3.85. The van der Waals surface area contributed by atoms with Crippen LogP contribution in [0.2, 0.25) is 0 Å². The molecule has 0 atom stereocenters. The number of pyridine rings is 1. The van der Waals surface area contributed by atoms with Gasteiger partial charge in [-0.15, -0.1) is 11.3 Å².